The molecule has 0 saturated carbocycles. The van der Waals surface area contributed by atoms with Gasteiger partial charge >= 0.3 is 5.69 Å². The second-order valence-corrected chi connectivity index (χ2v) is 7.77. The fourth-order valence-corrected chi connectivity index (χ4v) is 3.95. The number of aromatic amines is 1. The fourth-order valence-electron chi connectivity index (χ4n) is 3.95. The zero-order chi connectivity index (χ0) is 21.5. The molecule has 31 heavy (non-hydrogen) atoms. The van der Waals surface area contributed by atoms with Gasteiger partial charge in [-0.1, -0.05) is 36.4 Å². The lowest BCUT2D eigenvalue weighted by atomic mass is 10.0. The molecule has 3 heterocycles. The minimum Gasteiger partial charge on any atom is -0.336 e. The number of rotatable bonds is 4. The van der Waals surface area contributed by atoms with Gasteiger partial charge in [0.25, 0.3) is 0 Å². The van der Waals surface area contributed by atoms with E-state index in [1.807, 2.05) is 66.9 Å². The summed E-state index contributed by atoms with van der Waals surface area (Å²) in [6.07, 6.45) is 4.97. The quantitative estimate of drug-likeness (QED) is 0.475. The highest BCUT2D eigenvalue weighted by molar-refractivity contribution is 5.87. The Morgan fingerprint density at radius 2 is 1.77 bits per heavy atom. The Kier molecular flexibility index (Phi) is 4.51. The summed E-state index contributed by atoms with van der Waals surface area (Å²) in [6, 6.07) is 16.2. The molecule has 0 amide bonds. The lowest BCUT2D eigenvalue weighted by molar-refractivity contribution is 0.583. The van der Waals surface area contributed by atoms with Crippen LogP contribution in [0.4, 0.5) is 0 Å². The van der Waals surface area contributed by atoms with Crippen molar-refractivity contribution in [2.75, 3.05) is 0 Å². The molecule has 2 aromatic carbocycles. The molecule has 0 radical (unpaired) electrons. The van der Waals surface area contributed by atoms with E-state index in [1.165, 1.54) is 0 Å². The van der Waals surface area contributed by atoms with E-state index in [0.29, 0.717) is 11.5 Å². The van der Waals surface area contributed by atoms with E-state index < -0.39 is 0 Å². The molecule has 3 aromatic heterocycles. The maximum absolute atomic E-state index is 12.7. The first kappa shape index (κ1) is 19.0. The van der Waals surface area contributed by atoms with Crippen LogP contribution < -0.4 is 5.69 Å². The van der Waals surface area contributed by atoms with E-state index in [2.05, 4.69) is 15.0 Å². The average molecular weight is 410 g/mol. The van der Waals surface area contributed by atoms with Crippen molar-refractivity contribution in [3.05, 3.63) is 77.6 Å². The number of hydrogen-bond acceptors (Lipinski definition) is 4. The van der Waals surface area contributed by atoms with Gasteiger partial charge in [-0.2, -0.15) is 0 Å². The van der Waals surface area contributed by atoms with Crippen LogP contribution in [0.25, 0.3) is 45.1 Å². The van der Waals surface area contributed by atoms with E-state index >= 15 is 0 Å². The highest BCUT2D eigenvalue weighted by Crippen LogP contribution is 2.34. The molecule has 0 aliphatic carbocycles. The first-order valence-corrected chi connectivity index (χ1v) is 10.2. The molecule has 0 atom stereocenters. The molecule has 154 valence electrons. The van der Waals surface area contributed by atoms with Crippen molar-refractivity contribution in [1.82, 2.24) is 29.1 Å². The van der Waals surface area contributed by atoms with Crippen molar-refractivity contribution >= 4 is 11.0 Å². The molecular formula is C24H22N6O. The minimum absolute atomic E-state index is 0.0206. The van der Waals surface area contributed by atoms with Crippen molar-refractivity contribution < 1.29 is 0 Å². The summed E-state index contributed by atoms with van der Waals surface area (Å²) in [6.45, 7) is 4.03. The Morgan fingerprint density at radius 1 is 0.968 bits per heavy atom. The van der Waals surface area contributed by atoms with E-state index in [0.717, 1.165) is 33.5 Å². The first-order chi connectivity index (χ1) is 15.0. The fraction of sp³-hybridized carbons (Fsp3) is 0.167. The van der Waals surface area contributed by atoms with Crippen LogP contribution in [0.1, 0.15) is 19.9 Å². The summed E-state index contributed by atoms with van der Waals surface area (Å²) in [5, 5.41) is 0. The van der Waals surface area contributed by atoms with Gasteiger partial charge in [0, 0.05) is 36.6 Å². The van der Waals surface area contributed by atoms with Crippen LogP contribution in [-0.4, -0.2) is 29.1 Å². The van der Waals surface area contributed by atoms with Gasteiger partial charge in [-0.25, -0.2) is 14.8 Å². The zero-order valence-electron chi connectivity index (χ0n) is 17.6. The second-order valence-electron chi connectivity index (χ2n) is 7.77. The summed E-state index contributed by atoms with van der Waals surface area (Å²) < 4.78 is 3.50. The first-order valence-electron chi connectivity index (χ1n) is 10.2. The van der Waals surface area contributed by atoms with E-state index in [4.69, 9.17) is 4.98 Å². The number of aryl methyl sites for hydroxylation is 1. The number of nitrogens with zero attached hydrogens (tertiary/aromatic N) is 5. The largest absolute Gasteiger partial charge is 0.336 e. The number of aromatic nitrogens is 6. The molecule has 5 aromatic rings. The van der Waals surface area contributed by atoms with Gasteiger partial charge in [0.1, 0.15) is 5.69 Å². The van der Waals surface area contributed by atoms with Gasteiger partial charge in [0.15, 0.2) is 5.82 Å². The molecule has 5 rings (SSSR count). The minimum atomic E-state index is -0.0206. The Labute approximate surface area is 179 Å². The Morgan fingerprint density at radius 3 is 2.48 bits per heavy atom. The maximum Gasteiger partial charge on any atom is 0.329 e. The summed E-state index contributed by atoms with van der Waals surface area (Å²) in [5.41, 5.74) is 6.09. The van der Waals surface area contributed by atoms with E-state index in [1.54, 1.807) is 30.2 Å². The van der Waals surface area contributed by atoms with Crippen LogP contribution in [0.3, 0.4) is 0 Å². The molecule has 7 heteroatoms. The predicted octanol–water partition coefficient (Wildman–Crippen LogP) is 4.44. The van der Waals surface area contributed by atoms with Gasteiger partial charge in [0.2, 0.25) is 0 Å². The molecule has 0 fully saturated rings. The Balaban J connectivity index is 1.74. The van der Waals surface area contributed by atoms with Crippen LogP contribution in [0.15, 0.2) is 71.9 Å². The normalized spacial score (nSPS) is 11.5. The smallest absolute Gasteiger partial charge is 0.329 e. The number of imidazole rings is 2. The molecule has 0 aliphatic heterocycles. The van der Waals surface area contributed by atoms with Crippen molar-refractivity contribution in [3.8, 4) is 34.0 Å². The number of nitrogens with one attached hydrogen (secondary N) is 1. The van der Waals surface area contributed by atoms with Crippen LogP contribution in [0, 0.1) is 0 Å². The number of benzene rings is 2. The summed E-state index contributed by atoms with van der Waals surface area (Å²) in [5.74, 6) is 0.649. The molecule has 0 aliphatic rings. The van der Waals surface area contributed by atoms with Gasteiger partial charge in [0.05, 0.1) is 28.6 Å². The summed E-state index contributed by atoms with van der Waals surface area (Å²) in [4.78, 5) is 29.6. The molecule has 0 saturated heterocycles. The van der Waals surface area contributed by atoms with Gasteiger partial charge in [-0.3, -0.25) is 14.1 Å². The summed E-state index contributed by atoms with van der Waals surface area (Å²) in [7, 11) is 1.81. The zero-order valence-corrected chi connectivity index (χ0v) is 17.6. The molecule has 0 unspecified atom stereocenters. The lowest BCUT2D eigenvalue weighted by Crippen LogP contribution is -2.23. The highest BCUT2D eigenvalue weighted by atomic mass is 16.1. The monoisotopic (exact) mass is 410 g/mol. The van der Waals surface area contributed by atoms with Crippen molar-refractivity contribution in [3.63, 3.8) is 0 Å². The van der Waals surface area contributed by atoms with Crippen molar-refractivity contribution in [1.29, 1.82) is 0 Å². The third-order valence-electron chi connectivity index (χ3n) is 5.45. The highest BCUT2D eigenvalue weighted by Gasteiger charge is 2.19. The molecule has 0 bridgehead atoms. The SMILES string of the molecule is CC(C)n1c(=O)n(C)c2cc(-c3nc(-c4cnccn4)[nH]c3-c3ccccc3)ccc21. The lowest BCUT2D eigenvalue weighted by Gasteiger charge is -2.07. The average Bonchev–Trinajstić information content (AvgIpc) is 3.35. The van der Waals surface area contributed by atoms with Crippen LogP contribution >= 0.6 is 0 Å². The van der Waals surface area contributed by atoms with Crippen molar-refractivity contribution in [2.45, 2.75) is 19.9 Å². The van der Waals surface area contributed by atoms with Crippen LogP contribution in [-0.2, 0) is 7.05 Å². The molecule has 0 spiro atoms. The number of H-pyrrole nitrogens is 1. The standard InChI is InChI=1S/C24H22N6O/c1-15(2)30-19-10-9-17(13-20(19)29(3)24(30)31)22-21(16-7-5-4-6-8-16)27-23(28-22)18-14-25-11-12-26-18/h4-15H,1-3H3,(H,27,28). The summed E-state index contributed by atoms with van der Waals surface area (Å²) >= 11 is 0. The third-order valence-corrected chi connectivity index (χ3v) is 5.45. The van der Waals surface area contributed by atoms with Crippen LogP contribution in [0.5, 0.6) is 0 Å². The van der Waals surface area contributed by atoms with Gasteiger partial charge in [-0.15, -0.1) is 0 Å². The Hall–Kier alpha value is -4.00. The number of hydrogen-bond donors (Lipinski definition) is 1. The van der Waals surface area contributed by atoms with E-state index in [-0.39, 0.29) is 11.7 Å². The van der Waals surface area contributed by atoms with Gasteiger partial charge in [-0.05, 0) is 26.0 Å². The molecule has 7 nitrogen and oxygen atoms in total. The maximum atomic E-state index is 12.7. The molecule has 1 N–H and O–H groups in total. The third kappa shape index (κ3) is 3.15. The molecular weight excluding hydrogens is 388 g/mol. The van der Waals surface area contributed by atoms with Gasteiger partial charge < -0.3 is 4.98 Å². The second kappa shape index (κ2) is 7.36. The topological polar surface area (TPSA) is 81.4 Å². The van der Waals surface area contributed by atoms with Crippen molar-refractivity contribution in [2.24, 2.45) is 7.05 Å². The predicted molar refractivity (Wildman–Crippen MR) is 122 cm³/mol. The number of fused-ring (bicyclic) bond motifs is 1. The Bertz CT molecular complexity index is 1430. The van der Waals surface area contributed by atoms with E-state index in [9.17, 15) is 4.79 Å². The van der Waals surface area contributed by atoms with Crippen LogP contribution in [0.2, 0.25) is 0 Å².